The van der Waals surface area contributed by atoms with Crippen LogP contribution < -0.4 is 0 Å². The number of hydrogen-bond acceptors (Lipinski definition) is 2. The lowest BCUT2D eigenvalue weighted by molar-refractivity contribution is 0.0942. The van der Waals surface area contributed by atoms with Crippen LogP contribution in [0.15, 0.2) is 30.3 Å². The lowest BCUT2D eigenvalue weighted by Gasteiger charge is -2.12. The van der Waals surface area contributed by atoms with Gasteiger partial charge in [0.05, 0.1) is 6.42 Å². The van der Waals surface area contributed by atoms with Gasteiger partial charge in [-0.25, -0.2) is 6.57 Å². The van der Waals surface area contributed by atoms with Crippen LogP contribution in [0.3, 0.4) is 0 Å². The molecular formula is C12H13NO2. The quantitative estimate of drug-likeness (QED) is 0.600. The maximum atomic E-state index is 11.7. The molecule has 1 atom stereocenters. The molecular weight excluding hydrogens is 190 g/mol. The minimum atomic E-state index is -0.993. The van der Waals surface area contributed by atoms with E-state index in [2.05, 4.69) is 4.85 Å². The molecule has 0 amide bonds. The summed E-state index contributed by atoms with van der Waals surface area (Å²) in [7, 11) is 0. The van der Waals surface area contributed by atoms with Crippen LogP contribution in [0.4, 0.5) is 0 Å². The largest absolute Gasteiger partial charge is 0.388 e. The molecule has 3 heteroatoms. The molecule has 0 aliphatic heterocycles. The number of nitrogens with zero attached hydrogens (tertiary/aromatic N) is 1. The fourth-order valence-corrected chi connectivity index (χ4v) is 1.20. The number of carbonyl (C=O) groups excluding carboxylic acids is 1. The summed E-state index contributed by atoms with van der Waals surface area (Å²) in [4.78, 5) is 15.0. The molecule has 0 heterocycles. The van der Waals surface area contributed by atoms with Gasteiger partial charge in [-0.2, -0.15) is 0 Å². The Morgan fingerprint density at radius 2 is 2.07 bits per heavy atom. The number of carbonyl (C=O) groups is 1. The Labute approximate surface area is 89.2 Å². The van der Waals surface area contributed by atoms with Crippen molar-refractivity contribution in [1.29, 1.82) is 0 Å². The van der Waals surface area contributed by atoms with E-state index in [1.54, 1.807) is 31.2 Å². The van der Waals surface area contributed by atoms with Gasteiger partial charge in [-0.05, 0) is 0 Å². The number of benzene rings is 1. The second-order valence-corrected chi connectivity index (χ2v) is 3.73. The van der Waals surface area contributed by atoms with Crippen molar-refractivity contribution in [2.75, 3.05) is 6.61 Å². The molecule has 0 aliphatic rings. The first-order chi connectivity index (χ1) is 7.11. The summed E-state index contributed by atoms with van der Waals surface area (Å²) >= 11 is 0. The summed E-state index contributed by atoms with van der Waals surface area (Å²) in [6, 6.07) is 8.81. The molecule has 0 radical (unpaired) electrons. The summed E-state index contributed by atoms with van der Waals surface area (Å²) in [5.41, 5.74) is -0.409. The lowest BCUT2D eigenvalue weighted by atomic mass is 9.94. The van der Waals surface area contributed by atoms with Crippen LogP contribution in [0, 0.1) is 6.57 Å². The predicted molar refractivity (Wildman–Crippen MR) is 57.5 cm³/mol. The van der Waals surface area contributed by atoms with E-state index in [0.717, 1.165) is 0 Å². The van der Waals surface area contributed by atoms with Crippen LogP contribution in [0.1, 0.15) is 23.7 Å². The van der Waals surface area contributed by atoms with Crippen LogP contribution in [-0.4, -0.2) is 23.0 Å². The number of rotatable bonds is 4. The van der Waals surface area contributed by atoms with Gasteiger partial charge >= 0.3 is 0 Å². The van der Waals surface area contributed by atoms with Crippen molar-refractivity contribution in [2.45, 2.75) is 18.9 Å². The van der Waals surface area contributed by atoms with Gasteiger partial charge in [-0.1, -0.05) is 30.3 Å². The molecule has 1 rings (SSSR count). The van der Waals surface area contributed by atoms with Crippen molar-refractivity contribution in [1.82, 2.24) is 0 Å². The second-order valence-electron chi connectivity index (χ2n) is 3.73. The third kappa shape index (κ3) is 2.90. The number of Topliss-reactive ketones (excluding diaryl/α,β-unsaturated/α-hetero) is 1. The van der Waals surface area contributed by atoms with E-state index in [1.165, 1.54) is 0 Å². The Hall–Kier alpha value is -1.66. The zero-order valence-corrected chi connectivity index (χ0v) is 8.60. The van der Waals surface area contributed by atoms with Gasteiger partial charge in [-0.15, -0.1) is 0 Å². The van der Waals surface area contributed by atoms with Gasteiger partial charge in [0.1, 0.15) is 6.61 Å². The Kier molecular flexibility index (Phi) is 3.59. The van der Waals surface area contributed by atoms with E-state index in [-0.39, 0.29) is 18.8 Å². The molecule has 0 aromatic heterocycles. The molecule has 0 saturated heterocycles. The van der Waals surface area contributed by atoms with E-state index in [4.69, 9.17) is 11.7 Å². The average Bonchev–Trinajstić information content (AvgIpc) is 2.30. The Balaban J connectivity index is 2.77. The first-order valence-corrected chi connectivity index (χ1v) is 4.69. The average molecular weight is 203 g/mol. The molecule has 1 N–H and O–H groups in total. The number of hydrogen-bond donors (Lipinski definition) is 1. The van der Waals surface area contributed by atoms with E-state index in [9.17, 15) is 4.79 Å². The van der Waals surface area contributed by atoms with Gasteiger partial charge in [0.2, 0.25) is 0 Å². The van der Waals surface area contributed by atoms with Gasteiger partial charge in [-0.3, -0.25) is 4.79 Å². The standard InChI is InChI=1S/C12H13NO2/c1-12(9-14,13-2)8-11(15)10-6-4-3-5-7-10/h3-7,14H,8-9H2,1H3. The Morgan fingerprint density at radius 1 is 1.47 bits per heavy atom. The highest BCUT2D eigenvalue weighted by Crippen LogP contribution is 2.17. The highest BCUT2D eigenvalue weighted by atomic mass is 16.3. The summed E-state index contributed by atoms with van der Waals surface area (Å²) in [5, 5.41) is 9.02. The van der Waals surface area contributed by atoms with Crippen molar-refractivity contribution >= 4 is 5.78 Å². The zero-order valence-electron chi connectivity index (χ0n) is 8.60. The summed E-state index contributed by atoms with van der Waals surface area (Å²) in [6.07, 6.45) is 0.0526. The molecule has 1 unspecified atom stereocenters. The molecule has 0 bridgehead atoms. The first kappa shape index (κ1) is 11.4. The molecule has 0 aliphatic carbocycles. The summed E-state index contributed by atoms with van der Waals surface area (Å²) in [6.45, 7) is 8.21. The number of aliphatic hydroxyl groups excluding tert-OH is 1. The van der Waals surface area contributed by atoms with Crippen LogP contribution in [-0.2, 0) is 0 Å². The fraction of sp³-hybridized carbons (Fsp3) is 0.333. The normalized spacial score (nSPS) is 13.9. The van der Waals surface area contributed by atoms with Crippen molar-refractivity contribution in [3.8, 4) is 0 Å². The predicted octanol–water partition coefficient (Wildman–Crippen LogP) is 1.93. The lowest BCUT2D eigenvalue weighted by Crippen LogP contribution is -2.28. The minimum absolute atomic E-state index is 0.0526. The van der Waals surface area contributed by atoms with Crippen LogP contribution >= 0.6 is 0 Å². The number of ketones is 1. The minimum Gasteiger partial charge on any atom is -0.388 e. The molecule has 78 valence electrons. The molecule has 15 heavy (non-hydrogen) atoms. The van der Waals surface area contributed by atoms with Gasteiger partial charge in [0, 0.05) is 12.5 Å². The van der Waals surface area contributed by atoms with E-state index >= 15 is 0 Å². The van der Waals surface area contributed by atoms with Crippen LogP contribution in [0.2, 0.25) is 0 Å². The molecule has 0 spiro atoms. The van der Waals surface area contributed by atoms with Crippen molar-refractivity contribution < 1.29 is 9.90 Å². The van der Waals surface area contributed by atoms with Gasteiger partial charge < -0.3 is 9.95 Å². The van der Waals surface area contributed by atoms with E-state index in [0.29, 0.717) is 5.56 Å². The monoisotopic (exact) mass is 203 g/mol. The first-order valence-electron chi connectivity index (χ1n) is 4.69. The van der Waals surface area contributed by atoms with Gasteiger partial charge in [0.25, 0.3) is 5.54 Å². The van der Waals surface area contributed by atoms with Crippen LogP contribution in [0.5, 0.6) is 0 Å². The summed E-state index contributed by atoms with van der Waals surface area (Å²) in [5.74, 6) is -0.108. The Morgan fingerprint density at radius 3 is 2.53 bits per heavy atom. The van der Waals surface area contributed by atoms with Gasteiger partial charge in [0.15, 0.2) is 5.78 Å². The molecule has 0 fully saturated rings. The maximum Gasteiger partial charge on any atom is 0.259 e. The third-order valence-corrected chi connectivity index (χ3v) is 2.25. The highest BCUT2D eigenvalue weighted by Gasteiger charge is 2.32. The van der Waals surface area contributed by atoms with Crippen molar-refractivity contribution in [3.05, 3.63) is 47.3 Å². The highest BCUT2D eigenvalue weighted by molar-refractivity contribution is 5.96. The third-order valence-electron chi connectivity index (χ3n) is 2.25. The molecule has 1 aromatic rings. The SMILES string of the molecule is [C-]#[N+]C(C)(CO)CC(=O)c1ccccc1. The second kappa shape index (κ2) is 4.72. The topological polar surface area (TPSA) is 41.7 Å². The number of aliphatic hydroxyl groups is 1. The van der Waals surface area contributed by atoms with E-state index < -0.39 is 5.54 Å². The molecule has 0 saturated carbocycles. The fourth-order valence-electron chi connectivity index (χ4n) is 1.20. The Bertz CT molecular complexity index is 380. The van der Waals surface area contributed by atoms with Crippen LogP contribution in [0.25, 0.3) is 4.85 Å². The van der Waals surface area contributed by atoms with Crippen molar-refractivity contribution in [3.63, 3.8) is 0 Å². The maximum absolute atomic E-state index is 11.7. The smallest absolute Gasteiger partial charge is 0.259 e. The van der Waals surface area contributed by atoms with E-state index in [1.807, 2.05) is 6.07 Å². The summed E-state index contributed by atoms with van der Waals surface area (Å²) < 4.78 is 0. The molecule has 1 aromatic carbocycles. The molecule has 3 nitrogen and oxygen atoms in total. The zero-order chi connectivity index (χ0) is 11.3. The van der Waals surface area contributed by atoms with Crippen molar-refractivity contribution in [2.24, 2.45) is 0 Å².